The number of fused-ring (bicyclic) bond motifs is 1. The summed E-state index contributed by atoms with van der Waals surface area (Å²) in [5, 5.41) is 10.1. The lowest BCUT2D eigenvalue weighted by Crippen LogP contribution is -2.40. The van der Waals surface area contributed by atoms with Crippen molar-refractivity contribution >= 4 is 11.8 Å². The van der Waals surface area contributed by atoms with Gasteiger partial charge < -0.3 is 9.84 Å². The van der Waals surface area contributed by atoms with Crippen LogP contribution in [0.2, 0.25) is 0 Å². The van der Waals surface area contributed by atoms with Gasteiger partial charge in [0.2, 0.25) is 11.8 Å². The number of nitrogens with zero attached hydrogens (tertiary/aromatic N) is 1. The van der Waals surface area contributed by atoms with E-state index in [2.05, 4.69) is 0 Å². The second kappa shape index (κ2) is 6.48. The molecule has 22 heavy (non-hydrogen) atoms. The molecular weight excluding hydrogens is 282 g/mol. The van der Waals surface area contributed by atoms with Crippen LogP contribution in [0.15, 0.2) is 30.3 Å². The number of carbonyl (C=O) groups excluding carboxylic acids is 2. The molecule has 0 unspecified atom stereocenters. The summed E-state index contributed by atoms with van der Waals surface area (Å²) in [6.45, 7) is 0.0912. The Bertz CT molecular complexity index is 521. The Hall–Kier alpha value is -1.88. The maximum atomic E-state index is 12.3. The van der Waals surface area contributed by atoms with Gasteiger partial charge in [-0.25, -0.2) is 0 Å². The monoisotopic (exact) mass is 303 g/mol. The summed E-state index contributed by atoms with van der Waals surface area (Å²) in [7, 11) is 0. The Morgan fingerprint density at radius 1 is 1.09 bits per heavy atom. The summed E-state index contributed by atoms with van der Waals surface area (Å²) in [4.78, 5) is 25.9. The lowest BCUT2D eigenvalue weighted by Gasteiger charge is -2.19. The molecule has 0 bridgehead atoms. The van der Waals surface area contributed by atoms with Crippen LogP contribution in [0.25, 0.3) is 0 Å². The molecule has 1 N–H and O–H groups in total. The fourth-order valence-corrected chi connectivity index (χ4v) is 3.38. The Morgan fingerprint density at radius 3 is 2.27 bits per heavy atom. The molecule has 1 saturated carbocycles. The number of likely N-dealkylation sites (tertiary alicyclic amines) is 1. The Labute approximate surface area is 129 Å². The first-order valence-electron chi connectivity index (χ1n) is 7.88. The normalized spacial score (nSPS) is 26.0. The van der Waals surface area contributed by atoms with Gasteiger partial charge in [0.05, 0.1) is 18.4 Å². The third-order valence-electron chi connectivity index (χ3n) is 4.51. The smallest absolute Gasteiger partial charge is 0.233 e. The van der Waals surface area contributed by atoms with E-state index in [1.54, 1.807) is 12.1 Å². The van der Waals surface area contributed by atoms with Crippen LogP contribution < -0.4 is 4.74 Å². The van der Waals surface area contributed by atoms with E-state index in [1.165, 1.54) is 4.90 Å². The summed E-state index contributed by atoms with van der Waals surface area (Å²) in [6.07, 6.45) is 2.74. The number of aliphatic hydroxyl groups excluding tert-OH is 1. The fourth-order valence-electron chi connectivity index (χ4n) is 3.38. The molecule has 0 spiro atoms. The van der Waals surface area contributed by atoms with Gasteiger partial charge >= 0.3 is 0 Å². The van der Waals surface area contributed by atoms with E-state index in [4.69, 9.17) is 4.74 Å². The van der Waals surface area contributed by atoms with Crippen molar-refractivity contribution < 1.29 is 19.4 Å². The SMILES string of the molecule is O=C1[C@H]2CCCC[C@H]2C(=O)N1C[C@@H](O)COc1ccccc1. The number of hydrogen-bond acceptors (Lipinski definition) is 4. The summed E-state index contributed by atoms with van der Waals surface area (Å²) >= 11 is 0. The minimum absolute atomic E-state index is 0.0253. The summed E-state index contributed by atoms with van der Waals surface area (Å²) in [5.41, 5.74) is 0. The van der Waals surface area contributed by atoms with Crippen molar-refractivity contribution in [3.63, 3.8) is 0 Å². The summed E-state index contributed by atoms with van der Waals surface area (Å²) in [5.74, 6) is 0.100. The zero-order valence-corrected chi connectivity index (χ0v) is 12.5. The zero-order chi connectivity index (χ0) is 15.5. The first kappa shape index (κ1) is 15.0. The molecule has 1 aliphatic carbocycles. The number of β-amino-alcohol motifs (C(OH)–C–C–N with tert-alkyl or cyclic N) is 1. The van der Waals surface area contributed by atoms with E-state index < -0.39 is 6.10 Å². The third kappa shape index (κ3) is 2.99. The second-order valence-corrected chi connectivity index (χ2v) is 6.06. The Kier molecular flexibility index (Phi) is 4.43. The van der Waals surface area contributed by atoms with Crippen molar-refractivity contribution in [2.75, 3.05) is 13.2 Å². The molecule has 2 aliphatic rings. The predicted octanol–water partition coefficient (Wildman–Crippen LogP) is 1.60. The van der Waals surface area contributed by atoms with Crippen LogP contribution in [0, 0.1) is 11.8 Å². The Balaban J connectivity index is 1.56. The highest BCUT2D eigenvalue weighted by molar-refractivity contribution is 6.05. The van der Waals surface area contributed by atoms with Gasteiger partial charge in [-0.1, -0.05) is 31.0 Å². The first-order chi connectivity index (χ1) is 10.7. The maximum absolute atomic E-state index is 12.3. The van der Waals surface area contributed by atoms with E-state index in [-0.39, 0.29) is 36.8 Å². The second-order valence-electron chi connectivity index (χ2n) is 6.06. The van der Waals surface area contributed by atoms with E-state index in [1.807, 2.05) is 18.2 Å². The van der Waals surface area contributed by atoms with Crippen molar-refractivity contribution in [1.82, 2.24) is 4.90 Å². The van der Waals surface area contributed by atoms with Crippen LogP contribution in [0.1, 0.15) is 25.7 Å². The molecule has 3 atom stereocenters. The van der Waals surface area contributed by atoms with Crippen LogP contribution in [0.4, 0.5) is 0 Å². The highest BCUT2D eigenvalue weighted by Gasteiger charge is 2.48. The Morgan fingerprint density at radius 2 is 1.68 bits per heavy atom. The largest absolute Gasteiger partial charge is 0.491 e. The molecule has 1 saturated heterocycles. The number of imide groups is 1. The average molecular weight is 303 g/mol. The molecule has 1 aliphatic heterocycles. The molecule has 5 nitrogen and oxygen atoms in total. The van der Waals surface area contributed by atoms with E-state index in [9.17, 15) is 14.7 Å². The number of carbonyl (C=O) groups is 2. The van der Waals surface area contributed by atoms with Crippen molar-refractivity contribution in [3.05, 3.63) is 30.3 Å². The number of ether oxygens (including phenoxy) is 1. The molecule has 2 fully saturated rings. The number of amides is 2. The topological polar surface area (TPSA) is 66.8 Å². The minimum Gasteiger partial charge on any atom is -0.491 e. The maximum Gasteiger partial charge on any atom is 0.233 e. The van der Waals surface area contributed by atoms with E-state index in [0.717, 1.165) is 25.7 Å². The highest BCUT2D eigenvalue weighted by atomic mass is 16.5. The van der Waals surface area contributed by atoms with Crippen LogP contribution in [-0.2, 0) is 9.59 Å². The van der Waals surface area contributed by atoms with E-state index in [0.29, 0.717) is 5.75 Å². The molecule has 118 valence electrons. The molecule has 3 rings (SSSR count). The number of aliphatic hydroxyl groups is 1. The number of benzene rings is 1. The molecule has 1 aromatic rings. The van der Waals surface area contributed by atoms with Gasteiger partial charge in [0, 0.05) is 0 Å². The van der Waals surface area contributed by atoms with Crippen LogP contribution in [-0.4, -0.2) is 41.1 Å². The molecule has 0 aromatic heterocycles. The van der Waals surface area contributed by atoms with Crippen LogP contribution >= 0.6 is 0 Å². The lowest BCUT2D eigenvalue weighted by molar-refractivity contribution is -0.141. The molecule has 2 amide bonds. The quantitative estimate of drug-likeness (QED) is 0.839. The number of rotatable bonds is 5. The van der Waals surface area contributed by atoms with Crippen molar-refractivity contribution in [2.45, 2.75) is 31.8 Å². The number of hydrogen-bond donors (Lipinski definition) is 1. The summed E-state index contributed by atoms with van der Waals surface area (Å²) in [6, 6.07) is 9.17. The van der Waals surface area contributed by atoms with Gasteiger partial charge in [0.25, 0.3) is 0 Å². The standard InChI is InChI=1S/C17H21NO4/c19-12(11-22-13-6-2-1-3-7-13)10-18-16(20)14-8-4-5-9-15(14)17(18)21/h1-3,6-7,12,14-15,19H,4-5,8-11H2/t12-,14-,15+/m1/s1. The molecule has 1 heterocycles. The molecule has 0 radical (unpaired) electrons. The predicted molar refractivity (Wildman–Crippen MR) is 80.1 cm³/mol. The van der Waals surface area contributed by atoms with Crippen molar-refractivity contribution in [2.24, 2.45) is 11.8 Å². The molecule has 1 aromatic carbocycles. The number of para-hydroxylation sites is 1. The molecular formula is C17H21NO4. The van der Waals surface area contributed by atoms with Crippen LogP contribution in [0.5, 0.6) is 5.75 Å². The fraction of sp³-hybridized carbons (Fsp3) is 0.529. The third-order valence-corrected chi connectivity index (χ3v) is 4.51. The molecule has 5 heteroatoms. The van der Waals surface area contributed by atoms with Gasteiger partial charge in [0.15, 0.2) is 0 Å². The van der Waals surface area contributed by atoms with Crippen LogP contribution in [0.3, 0.4) is 0 Å². The van der Waals surface area contributed by atoms with Gasteiger partial charge in [-0.05, 0) is 25.0 Å². The van der Waals surface area contributed by atoms with Gasteiger partial charge in [-0.15, -0.1) is 0 Å². The van der Waals surface area contributed by atoms with E-state index >= 15 is 0 Å². The van der Waals surface area contributed by atoms with Gasteiger partial charge in [0.1, 0.15) is 18.5 Å². The van der Waals surface area contributed by atoms with Crippen molar-refractivity contribution in [1.29, 1.82) is 0 Å². The lowest BCUT2D eigenvalue weighted by atomic mass is 9.81. The summed E-state index contributed by atoms with van der Waals surface area (Å²) < 4.78 is 5.47. The first-order valence-corrected chi connectivity index (χ1v) is 7.88. The van der Waals surface area contributed by atoms with Gasteiger partial charge in [-0.3, -0.25) is 14.5 Å². The highest BCUT2D eigenvalue weighted by Crippen LogP contribution is 2.37. The average Bonchev–Trinajstić information content (AvgIpc) is 2.79. The van der Waals surface area contributed by atoms with Crippen molar-refractivity contribution in [3.8, 4) is 5.75 Å². The zero-order valence-electron chi connectivity index (χ0n) is 12.5. The van der Waals surface area contributed by atoms with Gasteiger partial charge in [-0.2, -0.15) is 0 Å². The minimum atomic E-state index is -0.867.